The number of amides is 1. The maximum Gasteiger partial charge on any atom is 0.235 e. The van der Waals surface area contributed by atoms with E-state index in [0.717, 1.165) is 25.9 Å². The number of piperidine rings is 1. The zero-order valence-electron chi connectivity index (χ0n) is 16.3. The molecule has 1 saturated heterocycles. The second-order valence-electron chi connectivity index (χ2n) is 8.03. The van der Waals surface area contributed by atoms with Gasteiger partial charge in [-0.05, 0) is 49.9 Å². The topological polar surface area (TPSA) is 90.3 Å². The molecule has 2 fully saturated rings. The Bertz CT molecular complexity index is 808. The van der Waals surface area contributed by atoms with Crippen molar-refractivity contribution in [2.24, 2.45) is 0 Å². The maximum absolute atomic E-state index is 12.4. The van der Waals surface area contributed by atoms with Gasteiger partial charge in [-0.15, -0.1) is 0 Å². The third-order valence-electron chi connectivity index (χ3n) is 5.73. The largest absolute Gasteiger partial charge is 0.351 e. The number of nitriles is 1. The van der Waals surface area contributed by atoms with Crippen LogP contribution >= 0.6 is 0 Å². The standard InChI is InChI=1S/C21H29N3O3S/c22-13-17-8-10-18(11-9-17)15-28(26,27)16-21(25)23-19-5-4-12-24(14-19)20-6-2-1-3-7-20/h8-11,19-20H,1-7,12,14-16H2,(H,23,25). The van der Waals surface area contributed by atoms with E-state index in [9.17, 15) is 13.2 Å². The second-order valence-corrected chi connectivity index (χ2v) is 10.1. The first kappa shape index (κ1) is 20.8. The summed E-state index contributed by atoms with van der Waals surface area (Å²) in [5.41, 5.74) is 1.08. The van der Waals surface area contributed by atoms with E-state index >= 15 is 0 Å². The molecule has 0 spiro atoms. The molecule has 1 heterocycles. The van der Waals surface area contributed by atoms with Crippen molar-refractivity contribution in [2.45, 2.75) is 62.8 Å². The van der Waals surface area contributed by atoms with Crippen LogP contribution in [0.25, 0.3) is 0 Å². The molecule has 1 unspecified atom stereocenters. The van der Waals surface area contributed by atoms with Crippen LogP contribution in [0.15, 0.2) is 24.3 Å². The van der Waals surface area contributed by atoms with Crippen molar-refractivity contribution in [2.75, 3.05) is 18.8 Å². The molecule has 0 radical (unpaired) electrons. The van der Waals surface area contributed by atoms with Crippen molar-refractivity contribution in [1.29, 1.82) is 5.26 Å². The van der Waals surface area contributed by atoms with Gasteiger partial charge in [-0.25, -0.2) is 8.42 Å². The fourth-order valence-corrected chi connectivity index (χ4v) is 5.64. The average Bonchev–Trinajstić information content (AvgIpc) is 2.68. The molecule has 152 valence electrons. The van der Waals surface area contributed by atoms with Crippen LogP contribution < -0.4 is 5.32 Å². The number of nitrogens with one attached hydrogen (secondary N) is 1. The number of sulfone groups is 1. The smallest absolute Gasteiger partial charge is 0.235 e. The predicted octanol–water partition coefficient (Wildman–Crippen LogP) is 2.39. The Kier molecular flexibility index (Phi) is 7.08. The summed E-state index contributed by atoms with van der Waals surface area (Å²) in [5, 5.41) is 11.8. The first-order valence-corrected chi connectivity index (χ1v) is 12.0. The molecule has 7 heteroatoms. The number of benzene rings is 1. The SMILES string of the molecule is N#Cc1ccc(CS(=O)(=O)CC(=O)NC2CCCN(C3CCCCC3)C2)cc1. The lowest BCUT2D eigenvalue weighted by atomic mass is 9.92. The van der Waals surface area contributed by atoms with Crippen LogP contribution in [0.2, 0.25) is 0 Å². The number of rotatable bonds is 6. The lowest BCUT2D eigenvalue weighted by molar-refractivity contribution is -0.119. The molecule has 1 aliphatic heterocycles. The minimum absolute atomic E-state index is 0.0355. The molecule has 1 aromatic rings. The number of hydrogen-bond donors (Lipinski definition) is 1. The fourth-order valence-electron chi connectivity index (χ4n) is 4.35. The van der Waals surface area contributed by atoms with Gasteiger partial charge in [-0.2, -0.15) is 5.26 Å². The van der Waals surface area contributed by atoms with Crippen LogP contribution in [0, 0.1) is 11.3 Å². The van der Waals surface area contributed by atoms with Crippen LogP contribution in [-0.4, -0.2) is 50.2 Å². The zero-order valence-corrected chi connectivity index (χ0v) is 17.1. The molecule has 1 N–H and O–H groups in total. The van der Waals surface area contributed by atoms with E-state index in [4.69, 9.17) is 5.26 Å². The van der Waals surface area contributed by atoms with Crippen LogP contribution in [-0.2, 0) is 20.4 Å². The van der Waals surface area contributed by atoms with Gasteiger partial charge in [0, 0.05) is 18.6 Å². The van der Waals surface area contributed by atoms with Gasteiger partial charge in [0.1, 0.15) is 5.75 Å². The van der Waals surface area contributed by atoms with E-state index in [-0.39, 0.29) is 11.8 Å². The van der Waals surface area contributed by atoms with E-state index in [1.165, 1.54) is 32.1 Å². The van der Waals surface area contributed by atoms with E-state index in [1.807, 2.05) is 6.07 Å². The van der Waals surface area contributed by atoms with Gasteiger partial charge in [0.25, 0.3) is 0 Å². The van der Waals surface area contributed by atoms with E-state index in [0.29, 0.717) is 17.2 Å². The molecule has 0 bridgehead atoms. The number of likely N-dealkylation sites (tertiary alicyclic amines) is 1. The lowest BCUT2D eigenvalue weighted by Crippen LogP contribution is -2.52. The molecule has 1 aliphatic carbocycles. The van der Waals surface area contributed by atoms with Crippen LogP contribution in [0.3, 0.4) is 0 Å². The van der Waals surface area contributed by atoms with Gasteiger partial charge in [0.15, 0.2) is 9.84 Å². The molecular weight excluding hydrogens is 374 g/mol. The van der Waals surface area contributed by atoms with Crippen LogP contribution in [0.1, 0.15) is 56.1 Å². The average molecular weight is 404 g/mol. The highest BCUT2D eigenvalue weighted by molar-refractivity contribution is 7.91. The van der Waals surface area contributed by atoms with Gasteiger partial charge in [0.05, 0.1) is 17.4 Å². The molecule has 1 saturated carbocycles. The van der Waals surface area contributed by atoms with Crippen molar-refractivity contribution in [1.82, 2.24) is 10.2 Å². The van der Waals surface area contributed by atoms with Crippen molar-refractivity contribution < 1.29 is 13.2 Å². The normalized spacial score (nSPS) is 21.8. The van der Waals surface area contributed by atoms with E-state index in [2.05, 4.69) is 10.2 Å². The molecule has 2 aliphatic rings. The fraction of sp³-hybridized carbons (Fsp3) is 0.619. The van der Waals surface area contributed by atoms with Crippen LogP contribution in [0.4, 0.5) is 0 Å². The Morgan fingerprint density at radius 1 is 1.11 bits per heavy atom. The van der Waals surface area contributed by atoms with Gasteiger partial charge in [0.2, 0.25) is 5.91 Å². The highest BCUT2D eigenvalue weighted by Gasteiger charge is 2.28. The number of nitrogens with zero attached hydrogens (tertiary/aromatic N) is 2. The molecule has 1 amide bonds. The Hall–Kier alpha value is -1.91. The first-order valence-electron chi connectivity index (χ1n) is 10.2. The highest BCUT2D eigenvalue weighted by atomic mass is 32.2. The minimum atomic E-state index is -3.55. The monoisotopic (exact) mass is 403 g/mol. The Labute approximate surface area is 167 Å². The van der Waals surface area contributed by atoms with Gasteiger partial charge in [-0.3, -0.25) is 9.69 Å². The third kappa shape index (κ3) is 6.05. The second kappa shape index (κ2) is 9.53. The summed E-state index contributed by atoms with van der Waals surface area (Å²) >= 11 is 0. The number of carbonyl (C=O) groups is 1. The quantitative estimate of drug-likeness (QED) is 0.788. The number of carbonyl (C=O) groups excluding carboxylic acids is 1. The molecular formula is C21H29N3O3S. The van der Waals surface area contributed by atoms with Crippen molar-refractivity contribution >= 4 is 15.7 Å². The molecule has 6 nitrogen and oxygen atoms in total. The predicted molar refractivity (Wildman–Crippen MR) is 108 cm³/mol. The molecule has 1 atom stereocenters. The summed E-state index contributed by atoms with van der Waals surface area (Å²) in [5.74, 6) is -1.10. The summed E-state index contributed by atoms with van der Waals surface area (Å²) in [6, 6.07) is 9.08. The lowest BCUT2D eigenvalue weighted by Gasteiger charge is -2.40. The van der Waals surface area contributed by atoms with Gasteiger partial charge in [-0.1, -0.05) is 31.4 Å². The zero-order chi connectivity index (χ0) is 20.0. The minimum Gasteiger partial charge on any atom is -0.351 e. The highest BCUT2D eigenvalue weighted by Crippen LogP contribution is 2.25. The van der Waals surface area contributed by atoms with Crippen molar-refractivity contribution in [3.63, 3.8) is 0 Å². The van der Waals surface area contributed by atoms with Crippen LogP contribution in [0.5, 0.6) is 0 Å². The van der Waals surface area contributed by atoms with Crippen molar-refractivity contribution in [3.05, 3.63) is 35.4 Å². The van der Waals surface area contributed by atoms with E-state index in [1.54, 1.807) is 24.3 Å². The summed E-state index contributed by atoms with van der Waals surface area (Å²) in [4.78, 5) is 14.8. The summed E-state index contributed by atoms with van der Waals surface area (Å²) in [6.45, 7) is 1.90. The Morgan fingerprint density at radius 2 is 1.82 bits per heavy atom. The Balaban J connectivity index is 1.50. The van der Waals surface area contributed by atoms with Gasteiger partial charge >= 0.3 is 0 Å². The molecule has 1 aromatic carbocycles. The summed E-state index contributed by atoms with van der Waals surface area (Å²) in [7, 11) is -3.55. The molecule has 28 heavy (non-hydrogen) atoms. The summed E-state index contributed by atoms with van der Waals surface area (Å²) in [6.07, 6.45) is 8.31. The molecule has 0 aromatic heterocycles. The van der Waals surface area contributed by atoms with Gasteiger partial charge < -0.3 is 5.32 Å². The summed E-state index contributed by atoms with van der Waals surface area (Å²) < 4.78 is 24.8. The first-order chi connectivity index (χ1) is 13.4. The van der Waals surface area contributed by atoms with Crippen molar-refractivity contribution in [3.8, 4) is 6.07 Å². The third-order valence-corrected chi connectivity index (χ3v) is 7.20. The molecule has 3 rings (SSSR count). The number of hydrogen-bond acceptors (Lipinski definition) is 5. The van der Waals surface area contributed by atoms with E-state index < -0.39 is 21.5 Å². The Morgan fingerprint density at radius 3 is 2.50 bits per heavy atom. The maximum atomic E-state index is 12.4.